The number of aromatic nitrogens is 3. The van der Waals surface area contributed by atoms with Crippen LogP contribution < -0.4 is 10.6 Å². The molecule has 0 fully saturated rings. The molecule has 0 unspecified atom stereocenters. The summed E-state index contributed by atoms with van der Waals surface area (Å²) in [7, 11) is 0. The van der Waals surface area contributed by atoms with Crippen molar-refractivity contribution in [2.75, 3.05) is 13.1 Å². The Labute approximate surface area is 182 Å². The molecule has 0 amide bonds. The molecule has 0 saturated carbocycles. The number of guanidine groups is 1. The van der Waals surface area contributed by atoms with Gasteiger partial charge >= 0.3 is 0 Å². The SMILES string of the molecule is CCNC(=NCc1nnc2n1CCCCC2)NCCCCCCC(C)C.I. The van der Waals surface area contributed by atoms with Crippen LogP contribution in [0.15, 0.2) is 4.99 Å². The number of nitrogens with one attached hydrogen (secondary N) is 2. The van der Waals surface area contributed by atoms with Crippen LogP contribution in [0.1, 0.15) is 83.8 Å². The smallest absolute Gasteiger partial charge is 0.191 e. The molecule has 1 aliphatic heterocycles. The molecule has 0 aliphatic carbocycles. The molecule has 0 saturated heterocycles. The summed E-state index contributed by atoms with van der Waals surface area (Å²) in [6.07, 6.45) is 11.3. The van der Waals surface area contributed by atoms with Crippen molar-refractivity contribution in [1.82, 2.24) is 25.4 Å². The van der Waals surface area contributed by atoms with Crippen LogP contribution in [0, 0.1) is 5.92 Å². The van der Waals surface area contributed by atoms with Gasteiger partial charge < -0.3 is 15.2 Å². The monoisotopic (exact) mass is 490 g/mol. The first kappa shape index (κ1) is 24.2. The summed E-state index contributed by atoms with van der Waals surface area (Å²) < 4.78 is 2.27. The van der Waals surface area contributed by atoms with Gasteiger partial charge in [0.15, 0.2) is 11.8 Å². The van der Waals surface area contributed by atoms with Crippen LogP contribution in [-0.2, 0) is 19.5 Å². The molecule has 156 valence electrons. The first-order valence-electron chi connectivity index (χ1n) is 10.6. The number of halogens is 1. The van der Waals surface area contributed by atoms with Crippen LogP contribution in [0.4, 0.5) is 0 Å². The molecular formula is C20H39IN6. The van der Waals surface area contributed by atoms with Gasteiger partial charge in [0.25, 0.3) is 0 Å². The van der Waals surface area contributed by atoms with Gasteiger partial charge in [-0.1, -0.05) is 46.0 Å². The Hall–Kier alpha value is -0.860. The van der Waals surface area contributed by atoms with E-state index in [1.807, 2.05) is 0 Å². The van der Waals surface area contributed by atoms with E-state index in [9.17, 15) is 0 Å². The molecule has 2 rings (SSSR count). The molecule has 1 aromatic heterocycles. The molecule has 0 radical (unpaired) electrons. The van der Waals surface area contributed by atoms with Gasteiger partial charge in [-0.3, -0.25) is 0 Å². The fourth-order valence-electron chi connectivity index (χ4n) is 3.39. The normalized spacial score (nSPS) is 14.4. The van der Waals surface area contributed by atoms with E-state index in [0.717, 1.165) is 49.6 Å². The minimum atomic E-state index is 0. The first-order valence-corrected chi connectivity index (χ1v) is 10.6. The highest BCUT2D eigenvalue weighted by molar-refractivity contribution is 14.0. The molecule has 7 heteroatoms. The second kappa shape index (κ2) is 14.2. The number of aryl methyl sites for hydroxylation is 1. The van der Waals surface area contributed by atoms with Crippen molar-refractivity contribution in [3.05, 3.63) is 11.6 Å². The average molecular weight is 490 g/mol. The molecule has 0 spiro atoms. The Morgan fingerprint density at radius 3 is 2.67 bits per heavy atom. The summed E-state index contributed by atoms with van der Waals surface area (Å²) in [6, 6.07) is 0. The lowest BCUT2D eigenvalue weighted by atomic mass is 10.0. The number of hydrogen-bond donors (Lipinski definition) is 2. The molecule has 6 nitrogen and oxygen atoms in total. The predicted octanol–water partition coefficient (Wildman–Crippen LogP) is 4.28. The third-order valence-corrected chi connectivity index (χ3v) is 4.91. The summed E-state index contributed by atoms with van der Waals surface area (Å²) in [5.74, 6) is 3.84. The quantitative estimate of drug-likeness (QED) is 0.222. The first-order chi connectivity index (χ1) is 12.7. The number of hydrogen-bond acceptors (Lipinski definition) is 3. The number of nitrogens with zero attached hydrogens (tertiary/aromatic N) is 4. The van der Waals surface area contributed by atoms with Crippen LogP contribution >= 0.6 is 24.0 Å². The fraction of sp³-hybridized carbons (Fsp3) is 0.850. The number of unbranched alkanes of at least 4 members (excludes halogenated alkanes) is 3. The summed E-state index contributed by atoms with van der Waals surface area (Å²) in [5.41, 5.74) is 0. The maximum atomic E-state index is 4.72. The predicted molar refractivity (Wildman–Crippen MR) is 124 cm³/mol. The van der Waals surface area contributed by atoms with Crippen molar-refractivity contribution in [3.8, 4) is 0 Å². The van der Waals surface area contributed by atoms with Crippen molar-refractivity contribution in [2.45, 2.75) is 91.6 Å². The van der Waals surface area contributed by atoms with Crippen molar-refractivity contribution in [2.24, 2.45) is 10.9 Å². The summed E-state index contributed by atoms with van der Waals surface area (Å²) >= 11 is 0. The molecule has 2 N–H and O–H groups in total. The minimum Gasteiger partial charge on any atom is -0.357 e. The van der Waals surface area contributed by atoms with Gasteiger partial charge in [-0.25, -0.2) is 4.99 Å². The van der Waals surface area contributed by atoms with Crippen molar-refractivity contribution in [3.63, 3.8) is 0 Å². The van der Waals surface area contributed by atoms with E-state index in [2.05, 4.69) is 46.2 Å². The van der Waals surface area contributed by atoms with Crippen LogP contribution in [0.5, 0.6) is 0 Å². The molecular weight excluding hydrogens is 451 g/mol. The molecule has 1 aliphatic rings. The zero-order chi connectivity index (χ0) is 18.6. The van der Waals surface area contributed by atoms with E-state index in [1.54, 1.807) is 0 Å². The van der Waals surface area contributed by atoms with Gasteiger partial charge in [0.1, 0.15) is 12.4 Å². The van der Waals surface area contributed by atoms with E-state index in [4.69, 9.17) is 4.99 Å². The summed E-state index contributed by atoms with van der Waals surface area (Å²) in [6.45, 7) is 10.2. The zero-order valence-electron chi connectivity index (χ0n) is 17.5. The second-order valence-corrected chi connectivity index (χ2v) is 7.71. The maximum Gasteiger partial charge on any atom is 0.191 e. The summed E-state index contributed by atoms with van der Waals surface area (Å²) in [5, 5.41) is 15.5. The van der Waals surface area contributed by atoms with Crippen molar-refractivity contribution >= 4 is 29.9 Å². The van der Waals surface area contributed by atoms with Gasteiger partial charge in [0.2, 0.25) is 0 Å². The Morgan fingerprint density at radius 1 is 1.07 bits per heavy atom. The number of fused-ring (bicyclic) bond motifs is 1. The van der Waals surface area contributed by atoms with Crippen LogP contribution in [-0.4, -0.2) is 33.8 Å². The topological polar surface area (TPSA) is 67.1 Å². The third-order valence-electron chi connectivity index (χ3n) is 4.91. The third kappa shape index (κ3) is 9.25. The molecule has 27 heavy (non-hydrogen) atoms. The van der Waals surface area contributed by atoms with E-state index >= 15 is 0 Å². The molecule has 0 atom stereocenters. The minimum absolute atomic E-state index is 0. The Morgan fingerprint density at radius 2 is 1.89 bits per heavy atom. The van der Waals surface area contributed by atoms with Crippen LogP contribution in [0.3, 0.4) is 0 Å². The number of aliphatic imine (C=N–C) groups is 1. The molecule has 1 aromatic rings. The lowest BCUT2D eigenvalue weighted by molar-refractivity contribution is 0.518. The molecule has 0 bridgehead atoms. The fourth-order valence-corrected chi connectivity index (χ4v) is 3.39. The highest BCUT2D eigenvalue weighted by Gasteiger charge is 2.14. The van der Waals surface area contributed by atoms with E-state index in [1.165, 1.54) is 51.4 Å². The van der Waals surface area contributed by atoms with Crippen molar-refractivity contribution < 1.29 is 0 Å². The Kier molecular flexibility index (Phi) is 12.7. The number of rotatable bonds is 10. The van der Waals surface area contributed by atoms with Gasteiger partial charge in [0.05, 0.1) is 0 Å². The standard InChI is InChI=1S/C20H38N6.HI/c1-4-21-20(22-14-10-6-5-8-12-17(2)3)23-16-19-25-24-18-13-9-7-11-15-26(18)19;/h17H,4-16H2,1-3H3,(H2,21,22,23);1H. The Balaban J connectivity index is 0.00000364. The van der Waals surface area contributed by atoms with Crippen LogP contribution in [0.2, 0.25) is 0 Å². The van der Waals surface area contributed by atoms with Crippen molar-refractivity contribution in [1.29, 1.82) is 0 Å². The molecule has 0 aromatic carbocycles. The van der Waals surface area contributed by atoms with E-state index < -0.39 is 0 Å². The summed E-state index contributed by atoms with van der Waals surface area (Å²) in [4.78, 5) is 4.72. The van der Waals surface area contributed by atoms with Gasteiger partial charge in [-0.15, -0.1) is 34.2 Å². The van der Waals surface area contributed by atoms with E-state index in [0.29, 0.717) is 6.54 Å². The molecule has 2 heterocycles. The largest absolute Gasteiger partial charge is 0.357 e. The lowest BCUT2D eigenvalue weighted by Crippen LogP contribution is -2.37. The second-order valence-electron chi connectivity index (χ2n) is 7.71. The average Bonchev–Trinajstić information content (AvgIpc) is 2.85. The highest BCUT2D eigenvalue weighted by Crippen LogP contribution is 2.14. The van der Waals surface area contributed by atoms with Gasteiger partial charge in [-0.2, -0.15) is 0 Å². The highest BCUT2D eigenvalue weighted by atomic mass is 127. The Bertz CT molecular complexity index is 541. The maximum absolute atomic E-state index is 4.72. The van der Waals surface area contributed by atoms with Gasteiger partial charge in [-0.05, 0) is 32.1 Å². The zero-order valence-corrected chi connectivity index (χ0v) is 19.8. The van der Waals surface area contributed by atoms with Gasteiger partial charge in [0, 0.05) is 26.1 Å². The van der Waals surface area contributed by atoms with Crippen LogP contribution in [0.25, 0.3) is 0 Å². The lowest BCUT2D eigenvalue weighted by Gasteiger charge is -2.12. The van der Waals surface area contributed by atoms with E-state index in [-0.39, 0.29) is 24.0 Å².